The molecular weight excluding hydrogens is 366 g/mol. The minimum absolute atomic E-state index is 0.281. The molecule has 0 spiro atoms. The fraction of sp³-hybridized carbons (Fsp3) is 0.375. The molecule has 1 heterocycles. The summed E-state index contributed by atoms with van der Waals surface area (Å²) in [6.07, 6.45) is 8.36. The molecule has 146 valence electrons. The Morgan fingerprint density at radius 2 is 1.86 bits per heavy atom. The number of nitrogens with two attached hydrogens (primary N) is 1. The van der Waals surface area contributed by atoms with Crippen molar-refractivity contribution in [3.05, 3.63) is 76.9 Å². The predicted octanol–water partition coefficient (Wildman–Crippen LogP) is 5.21. The lowest BCUT2D eigenvalue weighted by molar-refractivity contribution is 0.253. The Kier molecular flexibility index (Phi) is 5.96. The summed E-state index contributed by atoms with van der Waals surface area (Å²) in [5.41, 5.74) is 10.2. The van der Waals surface area contributed by atoms with Gasteiger partial charge in [0.2, 0.25) is 0 Å². The van der Waals surface area contributed by atoms with Gasteiger partial charge in [0.05, 0.1) is 5.52 Å². The zero-order valence-corrected chi connectivity index (χ0v) is 17.0. The lowest BCUT2D eigenvalue weighted by Gasteiger charge is -2.38. The minimum atomic E-state index is -0.281. The monoisotopic (exact) mass is 393 g/mol. The Morgan fingerprint density at radius 3 is 2.64 bits per heavy atom. The number of fused-ring (bicyclic) bond motifs is 1. The van der Waals surface area contributed by atoms with Crippen LogP contribution in [0.25, 0.3) is 10.9 Å². The molecule has 1 aromatic heterocycles. The van der Waals surface area contributed by atoms with Crippen molar-refractivity contribution >= 4 is 22.5 Å². The maximum Gasteiger partial charge on any atom is 0.0720 e. The summed E-state index contributed by atoms with van der Waals surface area (Å²) in [6, 6.07) is 19.3. The van der Waals surface area contributed by atoms with E-state index in [1.54, 1.807) is 0 Å². The Bertz CT molecular complexity index is 918. The lowest BCUT2D eigenvalue weighted by Crippen LogP contribution is -2.45. The number of hydrogen-bond acceptors (Lipinski definition) is 3. The molecule has 1 aliphatic carbocycles. The normalized spacial score (nSPS) is 22.4. The first-order valence-corrected chi connectivity index (χ1v) is 10.6. The Balaban J connectivity index is 1.33. The van der Waals surface area contributed by atoms with Gasteiger partial charge in [-0.25, -0.2) is 0 Å². The SMILES string of the molecule is NC1(c2ccnc3cc(Cl)ccc23)CCC(NCCCc2ccccc2)CC1. The molecule has 1 aliphatic rings. The highest BCUT2D eigenvalue weighted by Crippen LogP contribution is 2.38. The number of aromatic nitrogens is 1. The number of halogens is 1. The average molecular weight is 394 g/mol. The maximum atomic E-state index is 6.89. The highest BCUT2D eigenvalue weighted by molar-refractivity contribution is 6.31. The third-order valence-electron chi connectivity index (χ3n) is 6.04. The second kappa shape index (κ2) is 8.60. The van der Waals surface area contributed by atoms with Crippen LogP contribution in [-0.2, 0) is 12.0 Å². The highest BCUT2D eigenvalue weighted by atomic mass is 35.5. The molecule has 3 aromatic rings. The van der Waals surface area contributed by atoms with Crippen molar-refractivity contribution in [2.45, 2.75) is 50.1 Å². The summed E-state index contributed by atoms with van der Waals surface area (Å²) in [5, 5.41) is 5.58. The molecule has 0 aliphatic heterocycles. The van der Waals surface area contributed by atoms with Gasteiger partial charge in [0.15, 0.2) is 0 Å². The van der Waals surface area contributed by atoms with Gasteiger partial charge in [-0.1, -0.05) is 48.0 Å². The van der Waals surface area contributed by atoms with Gasteiger partial charge >= 0.3 is 0 Å². The third-order valence-corrected chi connectivity index (χ3v) is 6.27. The fourth-order valence-corrected chi connectivity index (χ4v) is 4.57. The molecule has 28 heavy (non-hydrogen) atoms. The van der Waals surface area contributed by atoms with Crippen LogP contribution in [0.2, 0.25) is 5.02 Å². The number of nitrogens with zero attached hydrogens (tertiary/aromatic N) is 1. The number of aryl methyl sites for hydroxylation is 1. The summed E-state index contributed by atoms with van der Waals surface area (Å²) in [4.78, 5) is 4.47. The van der Waals surface area contributed by atoms with Crippen LogP contribution in [0, 0.1) is 0 Å². The fourth-order valence-electron chi connectivity index (χ4n) is 4.41. The summed E-state index contributed by atoms with van der Waals surface area (Å²) < 4.78 is 0. The molecule has 4 rings (SSSR count). The molecule has 0 amide bonds. The second-order valence-corrected chi connectivity index (χ2v) is 8.43. The summed E-state index contributed by atoms with van der Waals surface area (Å²) in [6.45, 7) is 1.06. The van der Waals surface area contributed by atoms with Crippen LogP contribution in [-0.4, -0.2) is 17.6 Å². The first-order chi connectivity index (χ1) is 13.6. The van der Waals surface area contributed by atoms with Gasteiger partial charge in [0.25, 0.3) is 0 Å². The van der Waals surface area contributed by atoms with Crippen LogP contribution in [0.4, 0.5) is 0 Å². The molecule has 0 saturated heterocycles. The van der Waals surface area contributed by atoms with Gasteiger partial charge in [0.1, 0.15) is 0 Å². The van der Waals surface area contributed by atoms with Crippen molar-refractivity contribution < 1.29 is 0 Å². The molecule has 1 fully saturated rings. The van der Waals surface area contributed by atoms with Gasteiger partial charge in [-0.05, 0) is 74.4 Å². The zero-order chi connectivity index (χ0) is 19.4. The van der Waals surface area contributed by atoms with E-state index in [2.05, 4.69) is 52.8 Å². The zero-order valence-electron chi connectivity index (χ0n) is 16.2. The number of hydrogen-bond donors (Lipinski definition) is 2. The van der Waals surface area contributed by atoms with E-state index in [1.165, 1.54) is 17.5 Å². The summed E-state index contributed by atoms with van der Waals surface area (Å²) in [5.74, 6) is 0. The van der Waals surface area contributed by atoms with Gasteiger partial charge in [-0.3, -0.25) is 4.98 Å². The van der Waals surface area contributed by atoms with Gasteiger partial charge in [-0.2, -0.15) is 0 Å². The number of pyridine rings is 1. The van der Waals surface area contributed by atoms with Crippen LogP contribution in [0.5, 0.6) is 0 Å². The number of benzene rings is 2. The topological polar surface area (TPSA) is 50.9 Å². The van der Waals surface area contributed by atoms with Crippen molar-refractivity contribution in [2.75, 3.05) is 6.54 Å². The molecule has 0 unspecified atom stereocenters. The van der Waals surface area contributed by atoms with Gasteiger partial charge < -0.3 is 11.1 Å². The molecule has 0 radical (unpaired) electrons. The van der Waals surface area contributed by atoms with E-state index in [-0.39, 0.29) is 5.54 Å². The van der Waals surface area contributed by atoms with E-state index in [0.29, 0.717) is 11.1 Å². The summed E-state index contributed by atoms with van der Waals surface area (Å²) in [7, 11) is 0. The minimum Gasteiger partial charge on any atom is -0.321 e. The summed E-state index contributed by atoms with van der Waals surface area (Å²) >= 11 is 6.13. The maximum absolute atomic E-state index is 6.89. The average Bonchev–Trinajstić information content (AvgIpc) is 2.73. The lowest BCUT2D eigenvalue weighted by atomic mass is 9.74. The van der Waals surface area contributed by atoms with Crippen molar-refractivity contribution in [2.24, 2.45) is 5.73 Å². The van der Waals surface area contributed by atoms with Crippen molar-refractivity contribution in [1.29, 1.82) is 0 Å². The van der Waals surface area contributed by atoms with E-state index in [4.69, 9.17) is 17.3 Å². The van der Waals surface area contributed by atoms with E-state index in [1.807, 2.05) is 18.3 Å². The van der Waals surface area contributed by atoms with Gasteiger partial charge in [-0.15, -0.1) is 0 Å². The van der Waals surface area contributed by atoms with Crippen LogP contribution in [0.15, 0.2) is 60.8 Å². The largest absolute Gasteiger partial charge is 0.321 e. The van der Waals surface area contributed by atoms with Crippen molar-refractivity contribution in [3.63, 3.8) is 0 Å². The van der Waals surface area contributed by atoms with Crippen molar-refractivity contribution in [3.8, 4) is 0 Å². The first-order valence-electron chi connectivity index (χ1n) is 10.2. The number of nitrogens with one attached hydrogen (secondary N) is 1. The molecule has 4 heteroatoms. The number of rotatable bonds is 6. The molecule has 1 saturated carbocycles. The van der Waals surface area contributed by atoms with E-state index in [9.17, 15) is 0 Å². The molecule has 0 bridgehead atoms. The van der Waals surface area contributed by atoms with E-state index in [0.717, 1.165) is 49.6 Å². The molecule has 3 N–H and O–H groups in total. The Hall–Kier alpha value is -1.94. The van der Waals surface area contributed by atoms with Crippen LogP contribution in [0.1, 0.15) is 43.2 Å². The van der Waals surface area contributed by atoms with Crippen LogP contribution in [0.3, 0.4) is 0 Å². The molecule has 0 atom stereocenters. The second-order valence-electron chi connectivity index (χ2n) is 7.99. The van der Waals surface area contributed by atoms with E-state index >= 15 is 0 Å². The smallest absolute Gasteiger partial charge is 0.0720 e. The Labute approximate surface area is 172 Å². The highest BCUT2D eigenvalue weighted by Gasteiger charge is 2.34. The predicted molar refractivity (Wildman–Crippen MR) is 118 cm³/mol. The Morgan fingerprint density at radius 1 is 1.07 bits per heavy atom. The van der Waals surface area contributed by atoms with E-state index < -0.39 is 0 Å². The standard InChI is InChI=1S/C24H28ClN3/c25-19-8-9-21-22(12-16-28-23(21)17-19)24(26)13-10-20(11-14-24)27-15-4-7-18-5-2-1-3-6-18/h1-3,5-6,8-9,12,16-17,20,27H,4,7,10-11,13-15,26H2. The third kappa shape index (κ3) is 4.38. The molecule has 3 nitrogen and oxygen atoms in total. The van der Waals surface area contributed by atoms with Crippen LogP contribution >= 0.6 is 11.6 Å². The molecular formula is C24H28ClN3. The molecule has 2 aromatic carbocycles. The van der Waals surface area contributed by atoms with Crippen molar-refractivity contribution in [1.82, 2.24) is 10.3 Å². The van der Waals surface area contributed by atoms with Crippen LogP contribution < -0.4 is 11.1 Å². The van der Waals surface area contributed by atoms with Gasteiger partial charge in [0, 0.05) is 28.2 Å². The first kappa shape index (κ1) is 19.4. The quantitative estimate of drug-likeness (QED) is 0.565.